The summed E-state index contributed by atoms with van der Waals surface area (Å²) < 4.78 is 0. The molecule has 3 nitrogen and oxygen atoms in total. The maximum atomic E-state index is 3.74. The molecule has 0 aliphatic heterocycles. The van der Waals surface area contributed by atoms with Gasteiger partial charge in [-0.3, -0.25) is 10.1 Å². The predicted molar refractivity (Wildman–Crippen MR) is 37.2 cm³/mol. The minimum absolute atomic E-state index is 0.933. The van der Waals surface area contributed by atoms with Crippen molar-refractivity contribution in [3.8, 4) is 0 Å². The molecule has 0 spiro atoms. The lowest BCUT2D eigenvalue weighted by atomic mass is 10.4. The van der Waals surface area contributed by atoms with E-state index in [2.05, 4.69) is 21.9 Å². The van der Waals surface area contributed by atoms with Crippen LogP contribution in [0.15, 0.2) is 23.5 Å². The van der Waals surface area contributed by atoms with E-state index in [9.17, 15) is 0 Å². The van der Waals surface area contributed by atoms with E-state index in [1.807, 2.05) is 6.07 Å². The van der Waals surface area contributed by atoms with Crippen LogP contribution in [0.1, 0.15) is 5.69 Å². The number of nitrogens with zero attached hydrogens (tertiary/aromatic N) is 2. The first-order valence-electron chi connectivity index (χ1n) is 2.55. The van der Waals surface area contributed by atoms with Crippen molar-refractivity contribution < 1.29 is 0 Å². The summed E-state index contributed by atoms with van der Waals surface area (Å²) in [5, 5.41) is 6.48. The van der Waals surface area contributed by atoms with Crippen molar-refractivity contribution in [3.05, 3.63) is 24.2 Å². The van der Waals surface area contributed by atoms with Gasteiger partial charge in [-0.05, 0) is 18.9 Å². The van der Waals surface area contributed by atoms with E-state index in [1.165, 1.54) is 0 Å². The van der Waals surface area contributed by atoms with E-state index in [0.717, 1.165) is 5.69 Å². The molecule has 3 heteroatoms. The Bertz CT molecular complexity index is 198. The van der Waals surface area contributed by atoms with E-state index in [4.69, 9.17) is 0 Å². The molecular formula is C6H7N3. The molecule has 1 aromatic rings. The van der Waals surface area contributed by atoms with E-state index >= 15 is 0 Å². The number of nitrogens with one attached hydrogen (secondary N) is 1. The number of H-pyrrole nitrogens is 1. The first-order chi connectivity index (χ1) is 4.43. The van der Waals surface area contributed by atoms with Crippen LogP contribution in [0.25, 0.3) is 6.08 Å². The zero-order chi connectivity index (χ0) is 6.53. The Morgan fingerprint density at radius 3 is 3.22 bits per heavy atom. The maximum Gasteiger partial charge on any atom is 0.0593 e. The minimum atomic E-state index is 0.933. The summed E-state index contributed by atoms with van der Waals surface area (Å²) in [7, 11) is 0. The van der Waals surface area contributed by atoms with Crippen molar-refractivity contribution in [1.82, 2.24) is 10.2 Å². The van der Waals surface area contributed by atoms with Crippen LogP contribution in [0.3, 0.4) is 0 Å². The number of aromatic nitrogens is 2. The third kappa shape index (κ3) is 1.53. The largest absolute Gasteiger partial charge is 0.278 e. The van der Waals surface area contributed by atoms with Crippen LogP contribution in [0.4, 0.5) is 0 Å². The number of aliphatic imine (C=N–C) groups is 1. The molecule has 1 rings (SSSR count). The van der Waals surface area contributed by atoms with Crippen molar-refractivity contribution in [2.75, 3.05) is 0 Å². The van der Waals surface area contributed by atoms with E-state index in [1.54, 1.807) is 18.5 Å². The second-order valence-electron chi connectivity index (χ2n) is 1.51. The second-order valence-corrected chi connectivity index (χ2v) is 1.51. The van der Waals surface area contributed by atoms with Crippen LogP contribution in [0, 0.1) is 0 Å². The van der Waals surface area contributed by atoms with Crippen LogP contribution < -0.4 is 0 Å². The zero-order valence-electron chi connectivity index (χ0n) is 4.91. The maximum absolute atomic E-state index is 3.74. The standard InChI is InChI=1S/C6H7N3/c1-7-4-2-6-3-5-8-9-6/h2-5H,1H2,(H,8,9). The highest BCUT2D eigenvalue weighted by Gasteiger charge is 1.80. The molecule has 1 N–H and O–H groups in total. The molecule has 0 amide bonds. The van der Waals surface area contributed by atoms with Gasteiger partial charge in [0, 0.05) is 12.4 Å². The van der Waals surface area contributed by atoms with Gasteiger partial charge < -0.3 is 0 Å². The number of hydrogen-bond acceptors (Lipinski definition) is 2. The molecule has 0 fully saturated rings. The topological polar surface area (TPSA) is 41.0 Å². The third-order valence-corrected chi connectivity index (χ3v) is 0.882. The molecule has 0 aliphatic rings. The van der Waals surface area contributed by atoms with Crippen molar-refractivity contribution >= 4 is 12.8 Å². The van der Waals surface area contributed by atoms with Crippen molar-refractivity contribution in [2.24, 2.45) is 4.99 Å². The molecule has 0 aliphatic carbocycles. The van der Waals surface area contributed by atoms with Gasteiger partial charge in [0.25, 0.3) is 0 Å². The summed E-state index contributed by atoms with van der Waals surface area (Å²) in [6, 6.07) is 1.85. The predicted octanol–water partition coefficient (Wildman–Crippen LogP) is 1.08. The summed E-state index contributed by atoms with van der Waals surface area (Å²) in [5.74, 6) is 0. The van der Waals surface area contributed by atoms with E-state index in [-0.39, 0.29) is 0 Å². The van der Waals surface area contributed by atoms with Gasteiger partial charge in [0.15, 0.2) is 0 Å². The molecule has 9 heavy (non-hydrogen) atoms. The van der Waals surface area contributed by atoms with Gasteiger partial charge in [-0.25, -0.2) is 0 Å². The molecule has 46 valence electrons. The fourth-order valence-electron chi connectivity index (χ4n) is 0.492. The summed E-state index contributed by atoms with van der Waals surface area (Å²) in [6.45, 7) is 3.29. The molecule has 0 saturated carbocycles. The van der Waals surface area contributed by atoms with Crippen molar-refractivity contribution in [3.63, 3.8) is 0 Å². The van der Waals surface area contributed by atoms with E-state index in [0.29, 0.717) is 0 Å². The van der Waals surface area contributed by atoms with Gasteiger partial charge in [0.05, 0.1) is 5.69 Å². The lowest BCUT2D eigenvalue weighted by Gasteiger charge is -1.76. The summed E-state index contributed by atoms with van der Waals surface area (Å²) >= 11 is 0. The third-order valence-electron chi connectivity index (χ3n) is 0.882. The van der Waals surface area contributed by atoms with Crippen molar-refractivity contribution in [2.45, 2.75) is 0 Å². The minimum Gasteiger partial charge on any atom is -0.278 e. The van der Waals surface area contributed by atoms with Gasteiger partial charge >= 0.3 is 0 Å². The first kappa shape index (κ1) is 5.75. The Hall–Kier alpha value is -1.38. The molecule has 0 bridgehead atoms. The molecule has 1 aromatic heterocycles. The summed E-state index contributed by atoms with van der Waals surface area (Å²) in [6.07, 6.45) is 5.08. The molecule has 0 radical (unpaired) electrons. The van der Waals surface area contributed by atoms with Crippen LogP contribution in [0.2, 0.25) is 0 Å². The lowest BCUT2D eigenvalue weighted by molar-refractivity contribution is 1.08. The molecular weight excluding hydrogens is 114 g/mol. The summed E-state index contributed by atoms with van der Waals surface area (Å²) in [5.41, 5.74) is 0.933. The van der Waals surface area contributed by atoms with Gasteiger partial charge in [0.1, 0.15) is 0 Å². The smallest absolute Gasteiger partial charge is 0.0593 e. The summed E-state index contributed by atoms with van der Waals surface area (Å²) in [4.78, 5) is 3.53. The Kier molecular flexibility index (Phi) is 1.80. The monoisotopic (exact) mass is 121 g/mol. The quantitative estimate of drug-likeness (QED) is 0.584. The van der Waals surface area contributed by atoms with Crippen LogP contribution in [0.5, 0.6) is 0 Å². The Morgan fingerprint density at radius 2 is 2.67 bits per heavy atom. The lowest BCUT2D eigenvalue weighted by Crippen LogP contribution is -1.68. The Balaban J connectivity index is 2.67. The molecule has 0 atom stereocenters. The first-order valence-corrected chi connectivity index (χ1v) is 2.55. The second kappa shape index (κ2) is 2.81. The van der Waals surface area contributed by atoms with Crippen molar-refractivity contribution in [1.29, 1.82) is 0 Å². The van der Waals surface area contributed by atoms with Crippen LogP contribution in [-0.2, 0) is 0 Å². The average molecular weight is 121 g/mol. The Morgan fingerprint density at radius 1 is 1.78 bits per heavy atom. The zero-order valence-corrected chi connectivity index (χ0v) is 4.91. The molecule has 1 heterocycles. The Labute approximate surface area is 53.1 Å². The highest BCUT2D eigenvalue weighted by Crippen LogP contribution is 1.93. The van der Waals surface area contributed by atoms with Crippen LogP contribution >= 0.6 is 0 Å². The normalized spacial score (nSPS) is 10.2. The number of aromatic amines is 1. The fourth-order valence-corrected chi connectivity index (χ4v) is 0.492. The average Bonchev–Trinajstić information content (AvgIpc) is 2.34. The van der Waals surface area contributed by atoms with Gasteiger partial charge in [-0.2, -0.15) is 5.10 Å². The molecule has 0 aromatic carbocycles. The van der Waals surface area contributed by atoms with E-state index < -0.39 is 0 Å². The SMILES string of the molecule is C=NC=Cc1ccn[nH]1. The highest BCUT2D eigenvalue weighted by molar-refractivity contribution is 5.44. The van der Waals surface area contributed by atoms with Gasteiger partial charge in [-0.15, -0.1) is 0 Å². The van der Waals surface area contributed by atoms with Crippen LogP contribution in [-0.4, -0.2) is 16.9 Å². The molecule has 0 saturated heterocycles. The highest BCUT2D eigenvalue weighted by atomic mass is 15.1. The number of rotatable bonds is 2. The van der Waals surface area contributed by atoms with Gasteiger partial charge in [0.2, 0.25) is 0 Å². The fraction of sp³-hybridized carbons (Fsp3) is 0. The number of hydrogen-bond donors (Lipinski definition) is 1. The molecule has 0 unspecified atom stereocenters. The van der Waals surface area contributed by atoms with Gasteiger partial charge in [-0.1, -0.05) is 0 Å².